The summed E-state index contributed by atoms with van der Waals surface area (Å²) in [6.45, 7) is 26.9. The van der Waals surface area contributed by atoms with Crippen molar-refractivity contribution < 1.29 is 0 Å². The Labute approximate surface area is 354 Å². The number of aromatic nitrogens is 1. The molecule has 0 amide bonds. The van der Waals surface area contributed by atoms with Crippen LogP contribution in [0.1, 0.15) is 152 Å². The molecule has 59 heavy (non-hydrogen) atoms. The lowest BCUT2D eigenvalue weighted by Gasteiger charge is -2.50. The molecule has 0 bridgehead atoms. The quantitative estimate of drug-likeness (QED) is 0.166. The van der Waals surface area contributed by atoms with Gasteiger partial charge >= 0.3 is 0 Å². The zero-order valence-corrected chi connectivity index (χ0v) is 37.3. The highest BCUT2D eigenvalue weighted by Gasteiger charge is 2.54. The maximum absolute atomic E-state index is 5.64. The van der Waals surface area contributed by atoms with E-state index >= 15 is 0 Å². The maximum Gasteiger partial charge on any atom is 0.249 e. The standard InChI is InChI=1S/C56H61BN2/c1-51(2,3)38-25-26-39-43(33-38)57-44-34-41-42(54(8,9)29-28-53(41,6)7)35-47(44)59(45-24-18-23-40-48(45)55(10,11)31-30-52(40,4)5)46-27-32-58-50(49(46)57)56(39,36-19-14-12-15-20-36)37-21-16-13-17-22-37/h12-27,32-35H,28-31H2,1-11H3. The van der Waals surface area contributed by atoms with Gasteiger partial charge in [-0.15, -0.1) is 0 Å². The largest absolute Gasteiger partial charge is 0.311 e. The lowest BCUT2D eigenvalue weighted by atomic mass is 9.29. The van der Waals surface area contributed by atoms with Gasteiger partial charge in [0, 0.05) is 17.6 Å². The molecule has 0 atom stereocenters. The molecule has 10 rings (SSSR count). The number of fused-ring (bicyclic) bond motifs is 6. The lowest BCUT2D eigenvalue weighted by molar-refractivity contribution is 0.332. The van der Waals surface area contributed by atoms with Crippen molar-refractivity contribution in [1.29, 1.82) is 0 Å². The highest BCUT2D eigenvalue weighted by atomic mass is 15.2. The van der Waals surface area contributed by atoms with Gasteiger partial charge in [0.2, 0.25) is 6.71 Å². The van der Waals surface area contributed by atoms with Crippen LogP contribution in [0.4, 0.5) is 17.1 Å². The van der Waals surface area contributed by atoms with Crippen LogP contribution in [0.5, 0.6) is 0 Å². The van der Waals surface area contributed by atoms with Gasteiger partial charge in [-0.3, -0.25) is 4.98 Å². The predicted molar refractivity (Wildman–Crippen MR) is 251 cm³/mol. The van der Waals surface area contributed by atoms with Gasteiger partial charge in [-0.25, -0.2) is 0 Å². The molecule has 5 aromatic carbocycles. The molecule has 3 heteroatoms. The Morgan fingerprint density at radius 1 is 0.508 bits per heavy atom. The minimum atomic E-state index is -0.633. The monoisotopic (exact) mass is 772 g/mol. The van der Waals surface area contributed by atoms with Crippen LogP contribution < -0.4 is 21.3 Å². The molecular weight excluding hydrogens is 711 g/mol. The number of anilines is 3. The Kier molecular flexibility index (Phi) is 8.17. The summed E-state index contributed by atoms with van der Waals surface area (Å²) in [5.74, 6) is 0. The molecule has 2 aliphatic carbocycles. The topological polar surface area (TPSA) is 16.1 Å². The van der Waals surface area contributed by atoms with E-state index in [1.165, 1.54) is 97.2 Å². The van der Waals surface area contributed by atoms with Gasteiger partial charge < -0.3 is 4.90 Å². The molecule has 1 aromatic heterocycles. The molecule has 2 aliphatic heterocycles. The second-order valence-electron chi connectivity index (χ2n) is 22.1. The van der Waals surface area contributed by atoms with E-state index in [0.717, 1.165) is 12.1 Å². The SMILES string of the molecule is CC(C)(C)c1ccc2c(c1)B1c3cc4c(cc3N(c3cccc5c3C(C)(C)CCC5(C)C)c3ccnc(c31)C2(c1ccccc1)c1ccccc1)C(C)(C)CCC4(C)C. The first-order chi connectivity index (χ1) is 27.9. The Morgan fingerprint density at radius 2 is 1.08 bits per heavy atom. The number of benzene rings is 5. The minimum Gasteiger partial charge on any atom is -0.311 e. The van der Waals surface area contributed by atoms with Crippen LogP contribution in [0.3, 0.4) is 0 Å². The number of hydrogen-bond donors (Lipinski definition) is 0. The maximum atomic E-state index is 5.64. The highest BCUT2D eigenvalue weighted by molar-refractivity contribution is 6.99. The molecule has 2 nitrogen and oxygen atoms in total. The summed E-state index contributed by atoms with van der Waals surface area (Å²) < 4.78 is 0. The Morgan fingerprint density at radius 3 is 1.69 bits per heavy atom. The number of pyridine rings is 1. The van der Waals surface area contributed by atoms with E-state index in [0.29, 0.717) is 0 Å². The van der Waals surface area contributed by atoms with Gasteiger partial charge in [0.15, 0.2) is 0 Å². The fourth-order valence-electron chi connectivity index (χ4n) is 11.9. The zero-order chi connectivity index (χ0) is 41.5. The van der Waals surface area contributed by atoms with Crippen molar-refractivity contribution in [2.45, 2.75) is 134 Å². The Hall–Kier alpha value is -4.89. The van der Waals surface area contributed by atoms with Crippen molar-refractivity contribution in [2.24, 2.45) is 0 Å². The number of nitrogens with zero attached hydrogens (tertiary/aromatic N) is 2. The van der Waals surface area contributed by atoms with E-state index in [9.17, 15) is 0 Å². The molecule has 298 valence electrons. The van der Waals surface area contributed by atoms with Crippen LogP contribution >= 0.6 is 0 Å². The summed E-state index contributed by atoms with van der Waals surface area (Å²) in [6.07, 6.45) is 6.81. The Bertz CT molecular complexity index is 2620. The molecule has 0 fully saturated rings. The van der Waals surface area contributed by atoms with E-state index in [1.807, 2.05) is 0 Å². The van der Waals surface area contributed by atoms with Crippen LogP contribution in [-0.4, -0.2) is 11.7 Å². The second-order valence-corrected chi connectivity index (χ2v) is 22.1. The summed E-state index contributed by atoms with van der Waals surface area (Å²) in [7, 11) is 0. The van der Waals surface area contributed by atoms with Crippen molar-refractivity contribution in [3.8, 4) is 0 Å². The van der Waals surface area contributed by atoms with E-state index in [2.05, 4.69) is 203 Å². The molecule has 0 unspecified atom stereocenters. The third kappa shape index (κ3) is 5.41. The second kappa shape index (κ2) is 12.6. The first-order valence-electron chi connectivity index (χ1n) is 22.3. The summed E-state index contributed by atoms with van der Waals surface area (Å²) in [6, 6.07) is 44.8. The van der Waals surface area contributed by atoms with E-state index in [1.54, 1.807) is 0 Å². The summed E-state index contributed by atoms with van der Waals surface area (Å²) >= 11 is 0. The molecule has 0 radical (unpaired) electrons. The van der Waals surface area contributed by atoms with Gasteiger partial charge in [-0.05, 0) is 126 Å². The predicted octanol–water partition coefficient (Wildman–Crippen LogP) is 12.1. The van der Waals surface area contributed by atoms with E-state index in [4.69, 9.17) is 4.98 Å². The molecular formula is C56H61BN2. The summed E-state index contributed by atoms with van der Waals surface area (Å²) in [5.41, 5.74) is 19.9. The lowest BCUT2D eigenvalue weighted by Crippen LogP contribution is -2.66. The van der Waals surface area contributed by atoms with Crippen molar-refractivity contribution in [2.75, 3.05) is 4.90 Å². The highest BCUT2D eigenvalue weighted by Crippen LogP contribution is 2.55. The molecule has 0 N–H and O–H groups in total. The number of rotatable bonds is 3. The third-order valence-corrected chi connectivity index (χ3v) is 15.5. The Balaban J connectivity index is 1.41. The van der Waals surface area contributed by atoms with Gasteiger partial charge in [0.25, 0.3) is 0 Å². The van der Waals surface area contributed by atoms with Crippen molar-refractivity contribution in [1.82, 2.24) is 4.98 Å². The third-order valence-electron chi connectivity index (χ3n) is 15.5. The van der Waals surface area contributed by atoms with Gasteiger partial charge in [-0.2, -0.15) is 0 Å². The summed E-state index contributed by atoms with van der Waals surface area (Å²) in [5, 5.41) is 0. The van der Waals surface area contributed by atoms with Gasteiger partial charge in [-0.1, -0.05) is 179 Å². The molecule has 0 saturated carbocycles. The van der Waals surface area contributed by atoms with Crippen molar-refractivity contribution >= 4 is 40.2 Å². The van der Waals surface area contributed by atoms with Crippen LogP contribution in [0.2, 0.25) is 0 Å². The van der Waals surface area contributed by atoms with Crippen LogP contribution in [0.25, 0.3) is 0 Å². The van der Waals surface area contributed by atoms with E-state index in [-0.39, 0.29) is 33.8 Å². The average molecular weight is 773 g/mol. The number of hydrogen-bond acceptors (Lipinski definition) is 2. The fraction of sp³-hybridized carbons (Fsp3) is 0.375. The first-order valence-corrected chi connectivity index (χ1v) is 22.3. The molecule has 0 spiro atoms. The minimum absolute atomic E-state index is 0.00701. The molecule has 3 heterocycles. The van der Waals surface area contributed by atoms with Crippen LogP contribution in [0, 0.1) is 0 Å². The molecule has 4 aliphatic rings. The fourth-order valence-corrected chi connectivity index (χ4v) is 11.9. The smallest absolute Gasteiger partial charge is 0.249 e. The molecule has 6 aromatic rings. The molecule has 0 saturated heterocycles. The van der Waals surface area contributed by atoms with Gasteiger partial charge in [0.1, 0.15) is 0 Å². The average Bonchev–Trinajstić information content (AvgIpc) is 3.21. The van der Waals surface area contributed by atoms with Crippen LogP contribution in [0.15, 0.2) is 121 Å². The van der Waals surface area contributed by atoms with Crippen molar-refractivity contribution in [3.05, 3.63) is 172 Å². The first kappa shape index (κ1) is 38.3. The van der Waals surface area contributed by atoms with E-state index < -0.39 is 5.41 Å². The zero-order valence-electron chi connectivity index (χ0n) is 37.3. The summed E-state index contributed by atoms with van der Waals surface area (Å²) in [4.78, 5) is 8.36. The van der Waals surface area contributed by atoms with Crippen LogP contribution in [-0.2, 0) is 32.5 Å². The van der Waals surface area contributed by atoms with Gasteiger partial charge in [0.05, 0.1) is 16.8 Å². The van der Waals surface area contributed by atoms with Crippen molar-refractivity contribution in [3.63, 3.8) is 0 Å². The normalized spacial score (nSPS) is 19.8.